The Balaban J connectivity index is 0.000000141. The molecule has 99 heavy (non-hydrogen) atoms. The van der Waals surface area contributed by atoms with Crippen LogP contribution in [0.25, 0.3) is 89.2 Å². The van der Waals surface area contributed by atoms with Crippen molar-refractivity contribution >= 4 is 44.1 Å². The lowest BCUT2D eigenvalue weighted by molar-refractivity contribution is 0.0974. The van der Waals surface area contributed by atoms with Crippen LogP contribution in [0, 0.1) is 69.0 Å². The van der Waals surface area contributed by atoms with Crippen LogP contribution in [-0.4, -0.2) is 144 Å². The molecule has 8 N–H and O–H groups in total. The predicted molar refractivity (Wildman–Crippen MR) is 371 cm³/mol. The van der Waals surface area contributed by atoms with Gasteiger partial charge < -0.3 is 40.4 Å². The number of nitrogens with zero attached hydrogens (tertiary/aromatic N) is 20. The van der Waals surface area contributed by atoms with Crippen LogP contribution >= 0.6 is 0 Å². The van der Waals surface area contributed by atoms with Crippen LogP contribution in [0.15, 0.2) is 124 Å². The first-order valence-electron chi connectivity index (χ1n) is 32.6. The van der Waals surface area contributed by atoms with Gasteiger partial charge in [0.15, 0.2) is 0 Å². The Morgan fingerprint density at radius 2 is 0.576 bits per heavy atom. The van der Waals surface area contributed by atoms with E-state index >= 15 is 0 Å². The minimum absolute atomic E-state index is 0. The lowest BCUT2D eigenvalue weighted by Crippen LogP contribution is -2.26. The monoisotopic (exact) mass is 1340 g/mol. The van der Waals surface area contributed by atoms with Crippen molar-refractivity contribution < 1.29 is 20.4 Å². The summed E-state index contributed by atoms with van der Waals surface area (Å²) in [5, 5.41) is 99.2. The molecule has 4 fully saturated rings. The fourth-order valence-electron chi connectivity index (χ4n) is 14.8. The summed E-state index contributed by atoms with van der Waals surface area (Å²) >= 11 is 0. The maximum Gasteiger partial charge on any atom is 0.141 e. The van der Waals surface area contributed by atoms with Crippen LogP contribution < -0.4 is 0 Å². The molecule has 0 bridgehead atoms. The number of fused-ring (bicyclic) bond motifs is 4. The van der Waals surface area contributed by atoms with Crippen molar-refractivity contribution in [3.05, 3.63) is 124 Å². The molecule has 28 heteroatoms. The molecule has 0 aliphatic heterocycles. The van der Waals surface area contributed by atoms with Gasteiger partial charge in [-0.05, 0) is 75.6 Å². The van der Waals surface area contributed by atoms with E-state index < -0.39 is 0 Å². The Morgan fingerprint density at radius 1 is 0.354 bits per heavy atom. The lowest BCUT2D eigenvalue weighted by atomic mass is 9.94. The summed E-state index contributed by atoms with van der Waals surface area (Å²) < 4.78 is 7.27. The Bertz CT molecular complexity index is 4160. The second-order valence-corrected chi connectivity index (χ2v) is 25.1. The number of aliphatic hydroxyl groups is 4. The van der Waals surface area contributed by atoms with Gasteiger partial charge in [0.05, 0.1) is 146 Å². The van der Waals surface area contributed by atoms with Crippen molar-refractivity contribution in [3.63, 3.8) is 0 Å². The molecular formula is C71H84N24O4. The largest absolute Gasteiger partial charge is 0.393 e. The molecule has 512 valence electrons. The van der Waals surface area contributed by atoms with E-state index in [9.17, 15) is 41.5 Å². The van der Waals surface area contributed by atoms with Crippen molar-refractivity contribution in [2.75, 3.05) is 0 Å². The minimum atomic E-state index is -0.355. The summed E-state index contributed by atoms with van der Waals surface area (Å²) in [5.74, 6) is 0.315. The number of hydrogen-bond donors (Lipinski definition) is 8. The van der Waals surface area contributed by atoms with Gasteiger partial charge in [0, 0.05) is 117 Å². The van der Waals surface area contributed by atoms with Crippen molar-refractivity contribution in [3.8, 4) is 69.3 Å². The maximum absolute atomic E-state index is 10.2. The minimum Gasteiger partial charge on any atom is -0.393 e. The molecule has 0 spiro atoms. The molecule has 16 rings (SSSR count). The molecular weight excluding hydrogens is 1250 g/mol. The third-order valence-corrected chi connectivity index (χ3v) is 19.6. The number of nitriles is 4. The summed E-state index contributed by atoms with van der Waals surface area (Å²) in [4.78, 5) is 46.6. The molecule has 12 heterocycles. The SMILES string of the molecule is C.C.C.N#CC[C@@H]([C@@H]1CCC[C@@H]1O)n1cc(-c2ncnc3[nH]ccc23)cn1.N#CC[C@@H]([C@H]1CCC[C@H]1O)n1cc(-c2ncnc3[nH]ccc23)cn1.N#CC[C@H]([C@@H]1CCC[C@@H]1O)n1cc(-c2ncnc3[nH]ccc23)cn1.N#CC[C@H]([C@H]1CCC[C@H]1O)n1cc(-c2ncnc3[nH]ccc23)cn1. The highest BCUT2D eigenvalue weighted by atomic mass is 16.3. The summed E-state index contributed by atoms with van der Waals surface area (Å²) in [6.07, 6.45) is 39.0. The van der Waals surface area contributed by atoms with Crippen molar-refractivity contribution in [1.29, 1.82) is 21.0 Å². The zero-order valence-electron chi connectivity index (χ0n) is 52.5. The molecule has 12 atom stereocenters. The van der Waals surface area contributed by atoms with Gasteiger partial charge in [0.25, 0.3) is 0 Å². The fraction of sp³-hybridized carbons (Fsp3) is 0.437. The third kappa shape index (κ3) is 15.0. The molecule has 0 unspecified atom stereocenters. The first-order valence-corrected chi connectivity index (χ1v) is 32.6. The smallest absolute Gasteiger partial charge is 0.141 e. The summed E-state index contributed by atoms with van der Waals surface area (Å²) in [5.41, 5.74) is 9.94. The van der Waals surface area contributed by atoms with Gasteiger partial charge in [-0.25, -0.2) is 39.9 Å². The molecule has 28 nitrogen and oxygen atoms in total. The number of rotatable bonds is 16. The van der Waals surface area contributed by atoms with Crippen LogP contribution in [-0.2, 0) is 0 Å². The predicted octanol–water partition coefficient (Wildman–Crippen LogP) is 11.7. The van der Waals surface area contributed by atoms with E-state index in [4.69, 9.17) is 0 Å². The molecule has 12 aromatic rings. The average molecular weight is 1340 g/mol. The van der Waals surface area contributed by atoms with Crippen molar-refractivity contribution in [2.24, 2.45) is 23.7 Å². The van der Waals surface area contributed by atoms with Gasteiger partial charge in [0.2, 0.25) is 0 Å². The highest BCUT2D eigenvalue weighted by Gasteiger charge is 2.38. The van der Waals surface area contributed by atoms with E-state index in [2.05, 4.69) is 104 Å². The second-order valence-electron chi connectivity index (χ2n) is 25.1. The molecule has 4 aliphatic rings. The van der Waals surface area contributed by atoms with Gasteiger partial charge in [0.1, 0.15) is 47.9 Å². The molecule has 4 saturated carbocycles. The van der Waals surface area contributed by atoms with Crippen molar-refractivity contribution in [1.82, 2.24) is 98.9 Å². The summed E-state index contributed by atoms with van der Waals surface area (Å²) in [7, 11) is 0. The number of nitrogens with one attached hydrogen (secondary N) is 4. The van der Waals surface area contributed by atoms with Gasteiger partial charge in [-0.1, -0.05) is 48.0 Å². The van der Waals surface area contributed by atoms with E-state index in [0.29, 0.717) is 25.7 Å². The molecule has 0 amide bonds. The normalized spacial score (nSPS) is 21.2. The quantitative estimate of drug-likeness (QED) is 0.0445. The first kappa shape index (κ1) is 70.9. The van der Waals surface area contributed by atoms with E-state index in [0.717, 1.165) is 166 Å². The van der Waals surface area contributed by atoms with Crippen LogP contribution in [0.5, 0.6) is 0 Å². The Labute approximate surface area is 572 Å². The fourth-order valence-corrected chi connectivity index (χ4v) is 14.8. The van der Waals surface area contributed by atoms with Crippen LogP contribution in [0.3, 0.4) is 0 Å². The van der Waals surface area contributed by atoms with Crippen LogP contribution in [0.4, 0.5) is 0 Å². The average Bonchev–Trinajstić information content (AvgIpc) is 1.67. The Kier molecular flexibility index (Phi) is 23.2. The molecule has 4 aliphatic carbocycles. The third-order valence-electron chi connectivity index (χ3n) is 19.6. The molecule has 0 aromatic carbocycles. The number of aromatic amines is 4. The molecule has 12 aromatic heterocycles. The highest BCUT2D eigenvalue weighted by molar-refractivity contribution is 5.92. The van der Waals surface area contributed by atoms with Gasteiger partial charge >= 0.3 is 0 Å². The van der Waals surface area contributed by atoms with Crippen LogP contribution in [0.1, 0.15) is 149 Å². The van der Waals surface area contributed by atoms with Gasteiger partial charge in [-0.3, -0.25) is 18.7 Å². The van der Waals surface area contributed by atoms with E-state index in [-0.39, 0.29) is 94.5 Å². The maximum atomic E-state index is 10.2. The second kappa shape index (κ2) is 32.4. The molecule has 0 radical (unpaired) electrons. The van der Waals surface area contributed by atoms with E-state index in [1.165, 1.54) is 25.3 Å². The zero-order chi connectivity index (χ0) is 66.1. The Morgan fingerprint density at radius 3 is 0.768 bits per heavy atom. The van der Waals surface area contributed by atoms with Crippen LogP contribution in [0.2, 0.25) is 0 Å². The summed E-state index contributed by atoms with van der Waals surface area (Å²) in [6.45, 7) is 0. The number of aliphatic hydroxyl groups excluding tert-OH is 4. The zero-order valence-corrected chi connectivity index (χ0v) is 52.5. The van der Waals surface area contributed by atoms with Gasteiger partial charge in [-0.2, -0.15) is 41.4 Å². The number of hydrogen-bond acceptors (Lipinski definition) is 20. The number of aromatic nitrogens is 20. The lowest BCUT2D eigenvalue weighted by Gasteiger charge is -2.24. The topological polar surface area (TPSA) is 414 Å². The van der Waals surface area contributed by atoms with Crippen molar-refractivity contribution in [2.45, 2.75) is 174 Å². The first-order chi connectivity index (χ1) is 47.1. The summed E-state index contributed by atoms with van der Waals surface area (Å²) in [6, 6.07) is 16.3. The number of H-pyrrole nitrogens is 4. The van der Waals surface area contributed by atoms with E-state index in [1.54, 1.807) is 24.8 Å². The molecule has 0 saturated heterocycles. The van der Waals surface area contributed by atoms with Gasteiger partial charge in [-0.15, -0.1) is 0 Å². The Hall–Kier alpha value is -10.9. The van der Waals surface area contributed by atoms with E-state index in [1.807, 2.05) is 92.6 Å². The standard InChI is InChI=1S/4C17H18N6O.3CH4/c4*18-6-4-14(12-2-1-3-15(12)24)23-9-11(8-22-23)16-13-5-7-19-17(13)21-10-20-16;;;/h4*5,7-10,12,14-15,24H,1-4H2,(H,19,20,21);3*1H4/t2*12-,14+,15-;2*12-,14-,15-;;;/m1010.../s1. The highest BCUT2D eigenvalue weighted by Crippen LogP contribution is 2.42.